The van der Waals surface area contributed by atoms with E-state index in [-0.39, 0.29) is 12.1 Å². The minimum Gasteiger partial charge on any atom is -0.490 e. The van der Waals surface area contributed by atoms with Crippen molar-refractivity contribution in [1.82, 2.24) is 9.78 Å². The fraction of sp³-hybridized carbons (Fsp3) is 0.389. The van der Waals surface area contributed by atoms with Gasteiger partial charge in [0.2, 0.25) is 0 Å². The van der Waals surface area contributed by atoms with Gasteiger partial charge in [0.1, 0.15) is 11.6 Å². The number of hydrogen-bond donors (Lipinski definition) is 0. The molecule has 0 aliphatic carbocycles. The van der Waals surface area contributed by atoms with Crippen molar-refractivity contribution < 1.29 is 9.47 Å². The second-order valence-electron chi connectivity index (χ2n) is 5.42. The molecule has 132 valence electrons. The van der Waals surface area contributed by atoms with Crippen molar-refractivity contribution in [3.63, 3.8) is 0 Å². The first-order chi connectivity index (χ1) is 11.9. The van der Waals surface area contributed by atoms with Crippen molar-refractivity contribution >= 4 is 15.9 Å². The van der Waals surface area contributed by atoms with E-state index in [9.17, 15) is 10.1 Å². The lowest BCUT2D eigenvalue weighted by atomic mass is 10.1. The van der Waals surface area contributed by atoms with E-state index in [0.717, 1.165) is 10.0 Å². The summed E-state index contributed by atoms with van der Waals surface area (Å²) < 4.78 is 13.3. The highest BCUT2D eigenvalue weighted by Crippen LogP contribution is 2.34. The van der Waals surface area contributed by atoms with E-state index in [1.807, 2.05) is 32.0 Å². The summed E-state index contributed by atoms with van der Waals surface area (Å²) in [6.45, 7) is 8.56. The number of hydrogen-bond acceptors (Lipinski definition) is 5. The van der Waals surface area contributed by atoms with E-state index in [1.165, 1.54) is 4.68 Å². The zero-order valence-corrected chi connectivity index (χ0v) is 16.3. The maximum absolute atomic E-state index is 12.5. The zero-order chi connectivity index (χ0) is 18.6. The lowest BCUT2D eigenvalue weighted by molar-refractivity contribution is 0.287. The number of nitrogens with zero attached hydrogens (tertiary/aromatic N) is 3. The van der Waals surface area contributed by atoms with Gasteiger partial charge in [0, 0.05) is 4.47 Å². The molecule has 0 fully saturated rings. The third-order valence-electron chi connectivity index (χ3n) is 3.78. The minimum atomic E-state index is -0.399. The number of ether oxygens (including phenoxy) is 2. The van der Waals surface area contributed by atoms with E-state index in [2.05, 4.69) is 21.0 Å². The smallest absolute Gasteiger partial charge is 0.285 e. The molecule has 7 heteroatoms. The Morgan fingerprint density at radius 1 is 1.20 bits per heavy atom. The first-order valence-corrected chi connectivity index (χ1v) is 8.78. The summed E-state index contributed by atoms with van der Waals surface area (Å²) in [7, 11) is 0. The molecule has 2 rings (SSSR count). The molecule has 0 aliphatic heterocycles. The lowest BCUT2D eigenvalue weighted by Crippen LogP contribution is -2.28. The number of aromatic nitrogens is 2. The molecule has 2 aromatic rings. The Balaban J connectivity index is 2.51. The van der Waals surface area contributed by atoms with Crippen LogP contribution in [0.1, 0.15) is 36.2 Å². The Morgan fingerprint density at radius 3 is 2.36 bits per heavy atom. The van der Waals surface area contributed by atoms with E-state index < -0.39 is 5.56 Å². The summed E-state index contributed by atoms with van der Waals surface area (Å²) in [6.07, 6.45) is 0. The van der Waals surface area contributed by atoms with Crippen LogP contribution in [-0.4, -0.2) is 23.0 Å². The Morgan fingerprint density at radius 2 is 1.80 bits per heavy atom. The fourth-order valence-electron chi connectivity index (χ4n) is 2.41. The number of nitriles is 1. The highest BCUT2D eigenvalue weighted by Gasteiger charge is 2.15. The maximum Gasteiger partial charge on any atom is 0.285 e. The van der Waals surface area contributed by atoms with Gasteiger partial charge in [-0.1, -0.05) is 15.9 Å². The van der Waals surface area contributed by atoms with Crippen LogP contribution in [0.4, 0.5) is 0 Å². The van der Waals surface area contributed by atoms with E-state index in [0.29, 0.717) is 36.0 Å². The van der Waals surface area contributed by atoms with Crippen LogP contribution < -0.4 is 15.0 Å². The molecule has 0 spiro atoms. The van der Waals surface area contributed by atoms with Crippen LogP contribution in [0, 0.1) is 25.2 Å². The molecule has 1 aromatic heterocycles. The third-order valence-corrected chi connectivity index (χ3v) is 4.52. The molecule has 0 amide bonds. The fourth-order valence-corrected chi connectivity index (χ4v) is 2.85. The maximum atomic E-state index is 12.5. The van der Waals surface area contributed by atoms with Gasteiger partial charge < -0.3 is 9.47 Å². The van der Waals surface area contributed by atoms with E-state index in [4.69, 9.17) is 9.47 Å². The van der Waals surface area contributed by atoms with Gasteiger partial charge in [-0.15, -0.1) is 0 Å². The number of rotatable bonds is 6. The molecule has 1 aromatic carbocycles. The molecule has 0 bridgehead atoms. The van der Waals surface area contributed by atoms with Crippen molar-refractivity contribution in [2.24, 2.45) is 0 Å². The quantitative estimate of drug-likeness (QED) is 0.736. The molecule has 1 heterocycles. The van der Waals surface area contributed by atoms with Crippen LogP contribution in [0.2, 0.25) is 0 Å². The standard InChI is InChI=1S/C18H20BrN3O3/c1-5-24-16-7-13(15(19)8-17(16)25-6-2)10-22-18(23)14(9-20)11(3)12(4)21-22/h7-8H,5-6,10H2,1-4H3. The Labute approximate surface area is 155 Å². The molecule has 25 heavy (non-hydrogen) atoms. The number of benzene rings is 1. The second-order valence-corrected chi connectivity index (χ2v) is 6.27. The van der Waals surface area contributed by atoms with Crippen LogP contribution in [0.15, 0.2) is 21.4 Å². The summed E-state index contributed by atoms with van der Waals surface area (Å²) >= 11 is 3.51. The summed E-state index contributed by atoms with van der Waals surface area (Å²) in [5.41, 5.74) is 1.81. The highest BCUT2D eigenvalue weighted by atomic mass is 79.9. The molecule has 0 radical (unpaired) electrons. The Hall–Kier alpha value is -2.33. The van der Waals surface area contributed by atoms with Gasteiger partial charge in [-0.05, 0) is 51.0 Å². The van der Waals surface area contributed by atoms with Crippen molar-refractivity contribution in [2.45, 2.75) is 34.2 Å². The van der Waals surface area contributed by atoms with E-state index in [1.54, 1.807) is 13.8 Å². The van der Waals surface area contributed by atoms with Crippen LogP contribution in [0.25, 0.3) is 0 Å². The van der Waals surface area contributed by atoms with Gasteiger partial charge in [-0.25, -0.2) is 4.68 Å². The number of halogens is 1. The predicted molar refractivity (Wildman–Crippen MR) is 98.3 cm³/mol. The second kappa shape index (κ2) is 8.17. The molecule has 0 saturated heterocycles. The van der Waals surface area contributed by atoms with Crippen molar-refractivity contribution in [1.29, 1.82) is 5.26 Å². The summed E-state index contributed by atoms with van der Waals surface area (Å²) in [4.78, 5) is 12.5. The van der Waals surface area contributed by atoms with Crippen LogP contribution in [-0.2, 0) is 6.54 Å². The molecule has 0 N–H and O–H groups in total. The molecule has 0 atom stereocenters. The van der Waals surface area contributed by atoms with Gasteiger partial charge in [0.05, 0.1) is 25.5 Å². The first-order valence-electron chi connectivity index (χ1n) is 7.99. The first kappa shape index (κ1) is 19.0. The highest BCUT2D eigenvalue weighted by molar-refractivity contribution is 9.10. The van der Waals surface area contributed by atoms with Crippen LogP contribution >= 0.6 is 15.9 Å². The molecule has 0 saturated carbocycles. The van der Waals surface area contributed by atoms with Gasteiger partial charge in [-0.2, -0.15) is 10.4 Å². The van der Waals surface area contributed by atoms with Gasteiger partial charge in [0.15, 0.2) is 11.5 Å². The summed E-state index contributed by atoms with van der Waals surface area (Å²) in [6, 6.07) is 5.62. The molecular weight excluding hydrogens is 386 g/mol. The minimum absolute atomic E-state index is 0.125. The van der Waals surface area contributed by atoms with E-state index >= 15 is 0 Å². The van der Waals surface area contributed by atoms with Crippen molar-refractivity contribution in [3.8, 4) is 17.6 Å². The Kier molecular flexibility index (Phi) is 6.21. The van der Waals surface area contributed by atoms with Gasteiger partial charge in [-0.3, -0.25) is 4.79 Å². The lowest BCUT2D eigenvalue weighted by Gasteiger charge is -2.15. The van der Waals surface area contributed by atoms with Crippen molar-refractivity contribution in [2.75, 3.05) is 13.2 Å². The SMILES string of the molecule is CCOc1cc(Br)c(Cn2nc(C)c(C)c(C#N)c2=O)cc1OCC. The molecule has 0 aliphatic rings. The van der Waals surface area contributed by atoms with Gasteiger partial charge >= 0.3 is 0 Å². The molecule has 0 unspecified atom stereocenters. The molecular formula is C18H20BrN3O3. The Bertz CT molecular complexity index is 885. The summed E-state index contributed by atoms with van der Waals surface area (Å²) in [5.74, 6) is 1.25. The largest absolute Gasteiger partial charge is 0.490 e. The van der Waals surface area contributed by atoms with Crippen LogP contribution in [0.3, 0.4) is 0 Å². The molecule has 6 nitrogen and oxygen atoms in total. The zero-order valence-electron chi connectivity index (χ0n) is 14.7. The predicted octanol–water partition coefficient (Wildman–Crippen LogP) is 3.34. The topological polar surface area (TPSA) is 77.1 Å². The normalized spacial score (nSPS) is 10.4. The van der Waals surface area contributed by atoms with Crippen LogP contribution in [0.5, 0.6) is 11.5 Å². The summed E-state index contributed by atoms with van der Waals surface area (Å²) in [5, 5.41) is 13.6. The average Bonchev–Trinajstić information content (AvgIpc) is 2.57. The third kappa shape index (κ3) is 4.02. The monoisotopic (exact) mass is 405 g/mol. The van der Waals surface area contributed by atoms with Gasteiger partial charge in [0.25, 0.3) is 5.56 Å². The number of aryl methyl sites for hydroxylation is 1. The van der Waals surface area contributed by atoms with Crippen molar-refractivity contribution in [3.05, 3.63) is 49.3 Å². The average molecular weight is 406 g/mol.